The van der Waals surface area contributed by atoms with Gasteiger partial charge in [0.2, 0.25) is 0 Å². The SMILES string of the molecule is N#Cc1cn[nH]c1.N#Cc1cnn(Cc2cccnc2Br)c1.OCc1cccnc1Br. The van der Waals surface area contributed by atoms with Gasteiger partial charge in [-0.2, -0.15) is 20.7 Å². The molecule has 11 heteroatoms. The molecule has 0 saturated carbocycles. The number of nitrogens with zero attached hydrogens (tertiary/aromatic N) is 7. The molecule has 0 aliphatic heterocycles. The molecule has 0 radical (unpaired) electrons. The fourth-order valence-corrected chi connectivity index (χ4v) is 2.82. The molecule has 0 fully saturated rings. The van der Waals surface area contributed by atoms with Crippen molar-refractivity contribution in [2.45, 2.75) is 13.2 Å². The Balaban J connectivity index is 0.000000181. The van der Waals surface area contributed by atoms with Crippen LogP contribution in [0.5, 0.6) is 0 Å². The minimum atomic E-state index is 0.0361. The molecule has 4 heterocycles. The largest absolute Gasteiger partial charge is 0.392 e. The van der Waals surface area contributed by atoms with Gasteiger partial charge in [0.05, 0.1) is 36.7 Å². The van der Waals surface area contributed by atoms with Crippen molar-refractivity contribution in [1.29, 1.82) is 10.5 Å². The normalized spacial score (nSPS) is 9.32. The van der Waals surface area contributed by atoms with Crippen LogP contribution in [-0.2, 0) is 13.2 Å². The van der Waals surface area contributed by atoms with Gasteiger partial charge in [-0.25, -0.2) is 9.97 Å². The highest BCUT2D eigenvalue weighted by molar-refractivity contribution is 9.10. The molecule has 0 saturated heterocycles. The number of nitrogens with one attached hydrogen (secondary N) is 1. The van der Waals surface area contributed by atoms with E-state index in [0.717, 1.165) is 15.7 Å². The highest BCUT2D eigenvalue weighted by Gasteiger charge is 2.02. The van der Waals surface area contributed by atoms with Crippen molar-refractivity contribution in [3.8, 4) is 12.1 Å². The summed E-state index contributed by atoms with van der Waals surface area (Å²) in [6.45, 7) is 0.643. The minimum Gasteiger partial charge on any atom is -0.392 e. The first-order valence-corrected chi connectivity index (χ1v) is 10.3. The van der Waals surface area contributed by atoms with Crippen LogP contribution in [0.25, 0.3) is 0 Å². The highest BCUT2D eigenvalue weighted by atomic mass is 79.9. The molecule has 0 aliphatic carbocycles. The molecule has 9 nitrogen and oxygen atoms in total. The Labute approximate surface area is 195 Å². The molecule has 2 N–H and O–H groups in total. The maximum absolute atomic E-state index is 8.65. The van der Waals surface area contributed by atoms with E-state index in [1.165, 1.54) is 6.20 Å². The van der Waals surface area contributed by atoms with Crippen molar-refractivity contribution >= 4 is 31.9 Å². The summed E-state index contributed by atoms with van der Waals surface area (Å²) in [7, 11) is 0. The number of nitriles is 2. The Bertz CT molecular complexity index is 1160. The summed E-state index contributed by atoms with van der Waals surface area (Å²) in [6.07, 6.45) is 9.66. The predicted molar refractivity (Wildman–Crippen MR) is 119 cm³/mol. The molecule has 0 spiro atoms. The van der Waals surface area contributed by atoms with E-state index < -0.39 is 0 Å². The third kappa shape index (κ3) is 8.10. The maximum atomic E-state index is 8.65. The number of aliphatic hydroxyl groups is 1. The molecular formula is C20H16Br2N8O. The second-order valence-corrected chi connectivity index (χ2v) is 7.20. The summed E-state index contributed by atoms with van der Waals surface area (Å²) in [5.41, 5.74) is 2.98. The Hall–Kier alpha value is -3.38. The van der Waals surface area contributed by atoms with Crippen molar-refractivity contribution in [1.82, 2.24) is 29.9 Å². The maximum Gasteiger partial charge on any atom is 0.111 e. The van der Waals surface area contributed by atoms with Crippen molar-refractivity contribution in [3.05, 3.63) is 92.9 Å². The number of rotatable bonds is 3. The Morgan fingerprint density at radius 1 is 0.968 bits per heavy atom. The average molecular weight is 544 g/mol. The van der Waals surface area contributed by atoms with Crippen LogP contribution in [-0.4, -0.2) is 35.1 Å². The number of halogens is 2. The number of hydrogen-bond donors (Lipinski definition) is 2. The van der Waals surface area contributed by atoms with E-state index in [9.17, 15) is 0 Å². The summed E-state index contributed by atoms with van der Waals surface area (Å²) in [5.74, 6) is 0. The Morgan fingerprint density at radius 2 is 1.61 bits per heavy atom. The van der Waals surface area contributed by atoms with E-state index >= 15 is 0 Å². The predicted octanol–water partition coefficient (Wildman–Crippen LogP) is 3.58. The van der Waals surface area contributed by atoms with Gasteiger partial charge in [-0.3, -0.25) is 9.78 Å². The summed E-state index contributed by atoms with van der Waals surface area (Å²) in [5, 5.41) is 35.5. The quantitative estimate of drug-likeness (QED) is 0.376. The van der Waals surface area contributed by atoms with Gasteiger partial charge in [0.1, 0.15) is 21.3 Å². The first kappa shape index (κ1) is 23.9. The molecule has 156 valence electrons. The second kappa shape index (κ2) is 13.0. The molecule has 4 rings (SSSR count). The number of pyridine rings is 2. The molecule has 0 aromatic carbocycles. The molecule has 4 aromatic heterocycles. The molecule has 31 heavy (non-hydrogen) atoms. The molecule has 0 atom stereocenters. The third-order valence-electron chi connectivity index (χ3n) is 3.57. The number of aromatic amines is 1. The van der Waals surface area contributed by atoms with Crippen LogP contribution in [0.2, 0.25) is 0 Å². The monoisotopic (exact) mass is 542 g/mol. The lowest BCUT2D eigenvalue weighted by Crippen LogP contribution is -2.01. The Kier molecular flexibility index (Phi) is 10.0. The summed E-state index contributed by atoms with van der Waals surface area (Å²) >= 11 is 6.55. The van der Waals surface area contributed by atoms with Crippen LogP contribution >= 0.6 is 31.9 Å². The minimum absolute atomic E-state index is 0.0361. The van der Waals surface area contributed by atoms with E-state index in [1.807, 2.05) is 30.3 Å². The fraction of sp³-hybridized carbons (Fsp3) is 0.100. The van der Waals surface area contributed by atoms with Gasteiger partial charge in [0.25, 0.3) is 0 Å². The molecule has 4 aromatic rings. The summed E-state index contributed by atoms with van der Waals surface area (Å²) < 4.78 is 3.23. The first-order valence-electron chi connectivity index (χ1n) is 8.68. The van der Waals surface area contributed by atoms with E-state index in [-0.39, 0.29) is 6.61 Å². The molecule has 0 bridgehead atoms. The van der Waals surface area contributed by atoms with Gasteiger partial charge in [0, 0.05) is 35.9 Å². The van der Waals surface area contributed by atoms with Crippen molar-refractivity contribution in [2.24, 2.45) is 0 Å². The number of H-pyrrole nitrogens is 1. The zero-order chi connectivity index (χ0) is 22.5. The van der Waals surface area contributed by atoms with Gasteiger partial charge >= 0.3 is 0 Å². The van der Waals surface area contributed by atoms with Gasteiger partial charge in [-0.05, 0) is 44.0 Å². The van der Waals surface area contributed by atoms with Gasteiger partial charge < -0.3 is 5.11 Å². The van der Waals surface area contributed by atoms with E-state index in [0.29, 0.717) is 22.3 Å². The molecule has 0 amide bonds. The van der Waals surface area contributed by atoms with Gasteiger partial charge in [-0.1, -0.05) is 12.1 Å². The number of hydrogen-bond acceptors (Lipinski definition) is 7. The standard InChI is InChI=1S/C10H7BrN4.C6H6BrNO.C4H3N3/c11-10-9(2-1-3-13-10)7-15-6-8(4-12)5-14-15;7-6-5(4-9)2-1-3-8-6;5-1-4-2-6-7-3-4/h1-3,5-6H,7H2;1-3,9H,4H2;2-3H,(H,6,7). The van der Waals surface area contributed by atoms with Crippen molar-refractivity contribution < 1.29 is 5.11 Å². The zero-order valence-corrected chi connectivity index (χ0v) is 19.2. The van der Waals surface area contributed by atoms with E-state index in [2.05, 4.69) is 57.1 Å². The Morgan fingerprint density at radius 3 is 2.03 bits per heavy atom. The van der Waals surface area contributed by atoms with Crippen LogP contribution in [0.15, 0.2) is 70.7 Å². The van der Waals surface area contributed by atoms with Gasteiger partial charge in [-0.15, -0.1) is 0 Å². The molecule has 0 unspecified atom stereocenters. The average Bonchev–Trinajstić information content (AvgIpc) is 3.48. The van der Waals surface area contributed by atoms with Crippen LogP contribution in [0, 0.1) is 22.7 Å². The summed E-state index contributed by atoms with van der Waals surface area (Å²) in [4.78, 5) is 8.02. The second-order valence-electron chi connectivity index (χ2n) is 5.70. The third-order valence-corrected chi connectivity index (χ3v) is 4.99. The number of aliphatic hydroxyl groups excluding tert-OH is 1. The van der Waals surface area contributed by atoms with Gasteiger partial charge in [0.15, 0.2) is 0 Å². The lowest BCUT2D eigenvalue weighted by atomic mass is 10.3. The van der Waals surface area contributed by atoms with Crippen LogP contribution < -0.4 is 0 Å². The van der Waals surface area contributed by atoms with E-state index in [4.69, 9.17) is 15.6 Å². The highest BCUT2D eigenvalue weighted by Crippen LogP contribution is 2.14. The molecule has 0 aliphatic rings. The number of aromatic nitrogens is 6. The van der Waals surface area contributed by atoms with Crippen LogP contribution in [0.1, 0.15) is 22.3 Å². The lowest BCUT2D eigenvalue weighted by molar-refractivity contribution is 0.280. The van der Waals surface area contributed by atoms with Crippen LogP contribution in [0.4, 0.5) is 0 Å². The van der Waals surface area contributed by atoms with Crippen LogP contribution in [0.3, 0.4) is 0 Å². The van der Waals surface area contributed by atoms with Crippen molar-refractivity contribution in [2.75, 3.05) is 0 Å². The topological polar surface area (TPSA) is 140 Å². The zero-order valence-electron chi connectivity index (χ0n) is 16.0. The smallest absolute Gasteiger partial charge is 0.111 e. The lowest BCUT2D eigenvalue weighted by Gasteiger charge is -2.02. The fourth-order valence-electron chi connectivity index (χ4n) is 2.07. The summed E-state index contributed by atoms with van der Waals surface area (Å²) in [6, 6.07) is 11.4. The first-order chi connectivity index (χ1) is 15.1. The molecular weight excluding hydrogens is 528 g/mol. The van der Waals surface area contributed by atoms with E-state index in [1.54, 1.807) is 41.7 Å². The van der Waals surface area contributed by atoms with Crippen molar-refractivity contribution in [3.63, 3.8) is 0 Å².